The zero-order valence-corrected chi connectivity index (χ0v) is 12.7. The second-order valence-corrected chi connectivity index (χ2v) is 5.91. The molecule has 23 heavy (non-hydrogen) atoms. The van der Waals surface area contributed by atoms with Crippen LogP contribution in [0.4, 0.5) is 10.2 Å². The van der Waals surface area contributed by atoms with Gasteiger partial charge in [-0.1, -0.05) is 6.92 Å². The smallest absolute Gasteiger partial charge is 0.145 e. The minimum atomic E-state index is -0.323. The third-order valence-electron chi connectivity index (χ3n) is 4.24. The molecule has 118 valence electrons. The first-order valence-electron chi connectivity index (χ1n) is 7.63. The zero-order valence-electron chi connectivity index (χ0n) is 12.7. The van der Waals surface area contributed by atoms with Crippen LogP contribution < -0.4 is 10.6 Å². The van der Waals surface area contributed by atoms with Crippen molar-refractivity contribution in [3.8, 4) is 11.3 Å². The van der Waals surface area contributed by atoms with Gasteiger partial charge in [-0.15, -0.1) is 0 Å². The number of rotatable bonds is 3. The number of aromatic nitrogens is 4. The summed E-state index contributed by atoms with van der Waals surface area (Å²) in [6, 6.07) is 3.46. The molecule has 2 atom stereocenters. The van der Waals surface area contributed by atoms with Gasteiger partial charge in [-0.3, -0.25) is 4.98 Å². The molecular weight excluding hydrogens is 295 g/mol. The number of halogens is 1. The van der Waals surface area contributed by atoms with Crippen LogP contribution in [0.15, 0.2) is 36.9 Å². The third-order valence-corrected chi connectivity index (χ3v) is 4.24. The van der Waals surface area contributed by atoms with E-state index in [0.29, 0.717) is 12.0 Å². The van der Waals surface area contributed by atoms with Crippen LogP contribution in [0.5, 0.6) is 0 Å². The van der Waals surface area contributed by atoms with Gasteiger partial charge >= 0.3 is 0 Å². The van der Waals surface area contributed by atoms with Crippen molar-refractivity contribution in [2.75, 3.05) is 18.4 Å². The van der Waals surface area contributed by atoms with Crippen LogP contribution in [-0.4, -0.2) is 38.7 Å². The monoisotopic (exact) mass is 312 g/mol. The molecule has 0 saturated carbocycles. The highest BCUT2D eigenvalue weighted by Gasteiger charge is 2.23. The van der Waals surface area contributed by atoms with E-state index in [4.69, 9.17) is 0 Å². The maximum absolute atomic E-state index is 13.3. The van der Waals surface area contributed by atoms with Gasteiger partial charge in [0.25, 0.3) is 0 Å². The fraction of sp³-hybridized carbons (Fsp3) is 0.312. The highest BCUT2D eigenvalue weighted by Crippen LogP contribution is 2.24. The normalized spacial score (nSPS) is 21.0. The summed E-state index contributed by atoms with van der Waals surface area (Å²) in [7, 11) is 0. The molecule has 0 amide bonds. The largest absolute Gasteiger partial charge is 0.364 e. The number of fused-ring (bicyclic) bond motifs is 1. The minimum Gasteiger partial charge on any atom is -0.364 e. The van der Waals surface area contributed by atoms with E-state index in [1.807, 2.05) is 0 Å². The Morgan fingerprint density at radius 3 is 3.00 bits per heavy atom. The van der Waals surface area contributed by atoms with E-state index in [0.717, 1.165) is 35.7 Å². The summed E-state index contributed by atoms with van der Waals surface area (Å²) in [6.07, 6.45) is 6.45. The third kappa shape index (κ3) is 2.63. The van der Waals surface area contributed by atoms with Crippen LogP contribution in [0, 0.1) is 11.7 Å². The molecule has 0 spiro atoms. The summed E-state index contributed by atoms with van der Waals surface area (Å²) in [6.45, 7) is 4.13. The van der Waals surface area contributed by atoms with Gasteiger partial charge in [-0.25, -0.2) is 13.9 Å². The molecule has 1 fully saturated rings. The lowest BCUT2D eigenvalue weighted by Gasteiger charge is -2.16. The fourth-order valence-corrected chi connectivity index (χ4v) is 2.91. The van der Waals surface area contributed by atoms with Crippen molar-refractivity contribution in [3.05, 3.63) is 42.7 Å². The molecule has 2 N–H and O–H groups in total. The molecule has 6 nitrogen and oxygen atoms in total. The minimum absolute atomic E-state index is 0.323. The predicted molar refractivity (Wildman–Crippen MR) is 85.6 cm³/mol. The molecule has 4 rings (SSSR count). The van der Waals surface area contributed by atoms with E-state index in [2.05, 4.69) is 32.6 Å². The SMILES string of the molecule is C[C@@H]1CNC[C@@H]1Nc1cncc(-c2cnn3cc(F)ccc23)n1. The van der Waals surface area contributed by atoms with E-state index in [1.54, 1.807) is 24.7 Å². The van der Waals surface area contributed by atoms with Gasteiger partial charge in [0.1, 0.15) is 11.6 Å². The summed E-state index contributed by atoms with van der Waals surface area (Å²) in [5, 5.41) is 11.0. The molecule has 0 radical (unpaired) electrons. The van der Waals surface area contributed by atoms with Gasteiger partial charge in [-0.05, 0) is 24.6 Å². The molecule has 1 aliphatic rings. The second-order valence-electron chi connectivity index (χ2n) is 5.91. The topological polar surface area (TPSA) is 67.1 Å². The summed E-state index contributed by atoms with van der Waals surface area (Å²) < 4.78 is 14.8. The predicted octanol–water partition coefficient (Wildman–Crippen LogP) is 1.95. The second kappa shape index (κ2) is 5.58. The Balaban J connectivity index is 1.67. The van der Waals surface area contributed by atoms with E-state index < -0.39 is 0 Å². The van der Waals surface area contributed by atoms with Crippen molar-refractivity contribution in [2.24, 2.45) is 5.92 Å². The van der Waals surface area contributed by atoms with E-state index >= 15 is 0 Å². The summed E-state index contributed by atoms with van der Waals surface area (Å²) in [4.78, 5) is 8.91. The van der Waals surface area contributed by atoms with Gasteiger partial charge in [-0.2, -0.15) is 5.10 Å². The lowest BCUT2D eigenvalue weighted by atomic mass is 10.1. The number of nitrogens with zero attached hydrogens (tertiary/aromatic N) is 4. The molecule has 3 aromatic heterocycles. The summed E-state index contributed by atoms with van der Waals surface area (Å²) >= 11 is 0. The first-order chi connectivity index (χ1) is 11.2. The number of anilines is 1. The molecule has 1 saturated heterocycles. The summed E-state index contributed by atoms with van der Waals surface area (Å²) in [5.41, 5.74) is 2.35. The molecule has 0 aliphatic carbocycles. The fourth-order valence-electron chi connectivity index (χ4n) is 2.91. The first kappa shape index (κ1) is 14.1. The van der Waals surface area contributed by atoms with Crippen molar-refractivity contribution in [1.29, 1.82) is 0 Å². The maximum Gasteiger partial charge on any atom is 0.145 e. The Kier molecular flexibility index (Phi) is 3.42. The van der Waals surface area contributed by atoms with Crippen LogP contribution in [0.2, 0.25) is 0 Å². The highest BCUT2D eigenvalue weighted by atomic mass is 19.1. The standard InChI is InChI=1S/C16H17FN6/c1-10-4-18-6-13(10)21-16-8-19-7-14(22-16)12-5-20-23-9-11(17)2-3-15(12)23/h2-3,5,7-10,13,18H,4,6H2,1H3,(H,21,22)/t10-,13+/m1/s1. The molecule has 1 aliphatic heterocycles. The number of hydrogen-bond donors (Lipinski definition) is 2. The number of pyridine rings is 1. The Bertz CT molecular complexity index is 845. The van der Waals surface area contributed by atoms with Crippen molar-refractivity contribution >= 4 is 11.3 Å². The van der Waals surface area contributed by atoms with Crippen LogP contribution in [0.25, 0.3) is 16.8 Å². The maximum atomic E-state index is 13.3. The lowest BCUT2D eigenvalue weighted by molar-refractivity contribution is 0.593. The Hall–Kier alpha value is -2.54. The molecule has 0 unspecified atom stereocenters. The van der Waals surface area contributed by atoms with Gasteiger partial charge in [0.2, 0.25) is 0 Å². The molecular formula is C16H17FN6. The summed E-state index contributed by atoms with van der Waals surface area (Å²) in [5.74, 6) is 0.960. The molecule has 0 aromatic carbocycles. The van der Waals surface area contributed by atoms with Gasteiger partial charge in [0.05, 0.1) is 36.0 Å². The van der Waals surface area contributed by atoms with E-state index in [-0.39, 0.29) is 5.82 Å². The Morgan fingerprint density at radius 1 is 1.26 bits per heavy atom. The van der Waals surface area contributed by atoms with Crippen LogP contribution in [0.3, 0.4) is 0 Å². The average Bonchev–Trinajstić information content (AvgIpc) is 3.14. The van der Waals surface area contributed by atoms with E-state index in [1.165, 1.54) is 16.8 Å². The lowest BCUT2D eigenvalue weighted by Crippen LogP contribution is -2.27. The quantitative estimate of drug-likeness (QED) is 0.774. The Labute approximate surface area is 132 Å². The van der Waals surface area contributed by atoms with Crippen LogP contribution in [-0.2, 0) is 0 Å². The Morgan fingerprint density at radius 2 is 2.17 bits per heavy atom. The van der Waals surface area contributed by atoms with Gasteiger partial charge in [0, 0.05) is 18.2 Å². The van der Waals surface area contributed by atoms with Crippen molar-refractivity contribution in [2.45, 2.75) is 13.0 Å². The number of nitrogens with one attached hydrogen (secondary N) is 2. The van der Waals surface area contributed by atoms with Crippen molar-refractivity contribution < 1.29 is 4.39 Å². The first-order valence-corrected chi connectivity index (χ1v) is 7.63. The zero-order chi connectivity index (χ0) is 15.8. The molecule has 7 heteroatoms. The number of hydrogen-bond acceptors (Lipinski definition) is 5. The van der Waals surface area contributed by atoms with E-state index in [9.17, 15) is 4.39 Å². The molecule has 4 heterocycles. The van der Waals surface area contributed by atoms with Crippen molar-refractivity contribution in [3.63, 3.8) is 0 Å². The van der Waals surface area contributed by atoms with Gasteiger partial charge in [0.15, 0.2) is 0 Å². The van der Waals surface area contributed by atoms with Crippen LogP contribution >= 0.6 is 0 Å². The average molecular weight is 312 g/mol. The molecule has 3 aromatic rings. The highest BCUT2D eigenvalue weighted by molar-refractivity contribution is 5.77. The van der Waals surface area contributed by atoms with Crippen molar-refractivity contribution in [1.82, 2.24) is 24.9 Å². The molecule has 0 bridgehead atoms. The van der Waals surface area contributed by atoms with Crippen LogP contribution in [0.1, 0.15) is 6.92 Å². The van der Waals surface area contributed by atoms with Gasteiger partial charge < -0.3 is 10.6 Å².